The summed E-state index contributed by atoms with van der Waals surface area (Å²) in [7, 11) is -3.62. The van der Waals surface area contributed by atoms with Crippen LogP contribution in [0.5, 0.6) is 0 Å². The fraction of sp³-hybridized carbons (Fsp3) is 0.364. The highest BCUT2D eigenvalue weighted by molar-refractivity contribution is 7.89. The van der Waals surface area contributed by atoms with Crippen molar-refractivity contribution >= 4 is 21.9 Å². The molecule has 31 heavy (non-hydrogen) atoms. The standard InChI is InChI=1S/C22H27N3O5S/c1-16-8-6-12-20(17(16)2)22(27)25(23)30-21(26)14-18-9-7-13-24(15-18)31(28,29)19-10-4-3-5-11-19/h3-6,8,10-12,18H,7,9,13-15,23H2,1-2H3. The SMILES string of the molecule is Cc1cccc(C(=O)N(N)OC(=O)CC2CCCN(S(=O)(=O)c3ccccc3)C2)c1C. The van der Waals surface area contributed by atoms with Gasteiger partial charge in [0.25, 0.3) is 0 Å². The van der Waals surface area contributed by atoms with Gasteiger partial charge in [-0.25, -0.2) is 19.1 Å². The summed E-state index contributed by atoms with van der Waals surface area (Å²) in [5.41, 5.74) is 2.04. The number of nitrogens with zero attached hydrogens (tertiary/aromatic N) is 2. The predicted molar refractivity (Wildman–Crippen MR) is 115 cm³/mol. The van der Waals surface area contributed by atoms with Crippen LogP contribution in [0.15, 0.2) is 53.4 Å². The van der Waals surface area contributed by atoms with Crippen molar-refractivity contribution < 1.29 is 22.8 Å². The van der Waals surface area contributed by atoms with Crippen LogP contribution >= 0.6 is 0 Å². The quantitative estimate of drug-likeness (QED) is 0.430. The van der Waals surface area contributed by atoms with Gasteiger partial charge in [-0.1, -0.05) is 35.5 Å². The predicted octanol–water partition coefficient (Wildman–Crippen LogP) is 2.57. The van der Waals surface area contributed by atoms with Gasteiger partial charge in [0.05, 0.1) is 11.3 Å². The number of carbonyl (C=O) groups excluding carboxylic acids is 2. The second-order valence-corrected chi connectivity index (χ2v) is 9.67. The van der Waals surface area contributed by atoms with Crippen molar-refractivity contribution in [2.24, 2.45) is 11.8 Å². The topological polar surface area (TPSA) is 110 Å². The van der Waals surface area contributed by atoms with Gasteiger partial charge < -0.3 is 4.84 Å². The zero-order valence-corrected chi connectivity index (χ0v) is 18.5. The van der Waals surface area contributed by atoms with Crippen LogP contribution in [0.1, 0.15) is 40.7 Å². The van der Waals surface area contributed by atoms with Crippen LogP contribution in [0, 0.1) is 19.8 Å². The molecule has 9 heteroatoms. The van der Waals surface area contributed by atoms with Crippen LogP contribution in [-0.4, -0.2) is 42.9 Å². The molecule has 0 bridgehead atoms. The highest BCUT2D eigenvalue weighted by atomic mass is 32.2. The van der Waals surface area contributed by atoms with E-state index in [4.69, 9.17) is 10.7 Å². The van der Waals surface area contributed by atoms with Crippen molar-refractivity contribution in [2.75, 3.05) is 13.1 Å². The molecule has 0 aromatic heterocycles. The molecule has 0 radical (unpaired) electrons. The largest absolute Gasteiger partial charge is 0.334 e. The van der Waals surface area contributed by atoms with Gasteiger partial charge in [0.2, 0.25) is 10.0 Å². The Kier molecular flexibility index (Phi) is 7.09. The van der Waals surface area contributed by atoms with Gasteiger partial charge >= 0.3 is 11.9 Å². The summed E-state index contributed by atoms with van der Waals surface area (Å²) in [4.78, 5) is 30.1. The number of hydrazine groups is 1. The summed E-state index contributed by atoms with van der Waals surface area (Å²) in [5.74, 6) is 4.17. The monoisotopic (exact) mass is 445 g/mol. The summed E-state index contributed by atoms with van der Waals surface area (Å²) in [6, 6.07) is 13.4. The van der Waals surface area contributed by atoms with Crippen molar-refractivity contribution in [3.05, 3.63) is 65.2 Å². The number of carbonyl (C=O) groups is 2. The van der Waals surface area contributed by atoms with Crippen LogP contribution in [0.4, 0.5) is 0 Å². The van der Waals surface area contributed by atoms with Crippen LogP contribution < -0.4 is 5.84 Å². The minimum atomic E-state index is -3.62. The number of benzene rings is 2. The number of hydroxylamine groups is 1. The van der Waals surface area contributed by atoms with Gasteiger partial charge in [-0.2, -0.15) is 4.31 Å². The number of nitrogens with two attached hydrogens (primary N) is 1. The minimum absolute atomic E-state index is 0.0331. The van der Waals surface area contributed by atoms with E-state index in [-0.39, 0.29) is 23.8 Å². The van der Waals surface area contributed by atoms with E-state index >= 15 is 0 Å². The molecule has 2 aromatic carbocycles. The fourth-order valence-electron chi connectivity index (χ4n) is 3.68. The van der Waals surface area contributed by atoms with Crippen molar-refractivity contribution in [3.63, 3.8) is 0 Å². The number of rotatable bonds is 5. The molecule has 1 aliphatic rings. The van der Waals surface area contributed by atoms with Crippen molar-refractivity contribution in [3.8, 4) is 0 Å². The molecule has 8 nitrogen and oxygen atoms in total. The molecule has 2 N–H and O–H groups in total. The maximum Gasteiger partial charge on any atom is 0.334 e. The van der Waals surface area contributed by atoms with E-state index in [2.05, 4.69) is 0 Å². The van der Waals surface area contributed by atoms with Gasteiger partial charge in [0.15, 0.2) is 0 Å². The molecule has 1 fully saturated rings. The molecule has 3 rings (SSSR count). The van der Waals surface area contributed by atoms with E-state index in [9.17, 15) is 18.0 Å². The molecule has 1 aliphatic heterocycles. The molecule has 0 spiro atoms. The third kappa shape index (κ3) is 5.30. The highest BCUT2D eigenvalue weighted by Crippen LogP contribution is 2.26. The van der Waals surface area contributed by atoms with Gasteiger partial charge in [-0.05, 0) is 61.9 Å². The van der Waals surface area contributed by atoms with E-state index in [1.807, 2.05) is 13.0 Å². The molecule has 1 amide bonds. The van der Waals surface area contributed by atoms with Crippen molar-refractivity contribution in [2.45, 2.75) is 38.0 Å². The van der Waals surface area contributed by atoms with E-state index in [1.165, 1.54) is 4.31 Å². The number of aryl methyl sites for hydroxylation is 1. The Balaban J connectivity index is 1.60. The Morgan fingerprint density at radius 3 is 2.55 bits per heavy atom. The molecular formula is C22H27N3O5S. The summed E-state index contributed by atoms with van der Waals surface area (Å²) < 4.78 is 27.1. The zero-order chi connectivity index (χ0) is 22.6. The maximum atomic E-state index is 12.8. The number of hydrogen-bond acceptors (Lipinski definition) is 6. The van der Waals surface area contributed by atoms with Gasteiger partial charge in [0, 0.05) is 18.7 Å². The Hall–Kier alpha value is -2.75. The first-order chi connectivity index (χ1) is 14.7. The third-order valence-electron chi connectivity index (χ3n) is 5.55. The van der Waals surface area contributed by atoms with Crippen LogP contribution in [0.2, 0.25) is 0 Å². The highest BCUT2D eigenvalue weighted by Gasteiger charge is 2.32. The first-order valence-corrected chi connectivity index (χ1v) is 11.6. The Morgan fingerprint density at radius 1 is 1.13 bits per heavy atom. The first-order valence-electron chi connectivity index (χ1n) is 10.1. The lowest BCUT2D eigenvalue weighted by atomic mass is 9.96. The molecule has 2 aromatic rings. The van der Waals surface area contributed by atoms with Crippen LogP contribution in [0.3, 0.4) is 0 Å². The molecular weight excluding hydrogens is 418 g/mol. The lowest BCUT2D eigenvalue weighted by Gasteiger charge is -2.31. The summed E-state index contributed by atoms with van der Waals surface area (Å²) in [6.45, 7) is 4.28. The molecule has 1 saturated heterocycles. The third-order valence-corrected chi connectivity index (χ3v) is 7.43. The second-order valence-electron chi connectivity index (χ2n) is 7.73. The molecule has 0 saturated carbocycles. The lowest BCUT2D eigenvalue weighted by molar-refractivity contribution is -0.180. The minimum Gasteiger partial charge on any atom is -0.322 e. The van der Waals surface area contributed by atoms with Crippen LogP contribution in [0.25, 0.3) is 0 Å². The van der Waals surface area contributed by atoms with E-state index in [1.54, 1.807) is 49.4 Å². The number of amides is 1. The fourth-order valence-corrected chi connectivity index (χ4v) is 5.25. The second kappa shape index (κ2) is 9.59. The van der Waals surface area contributed by atoms with Crippen LogP contribution in [-0.2, 0) is 19.7 Å². The Morgan fingerprint density at radius 2 is 1.84 bits per heavy atom. The molecule has 1 atom stereocenters. The van der Waals surface area contributed by atoms with E-state index in [0.29, 0.717) is 30.1 Å². The normalized spacial score (nSPS) is 17.2. The smallest absolute Gasteiger partial charge is 0.322 e. The number of sulfonamides is 1. The first kappa shape index (κ1) is 22.9. The van der Waals surface area contributed by atoms with Gasteiger partial charge in [-0.15, -0.1) is 0 Å². The summed E-state index contributed by atoms with van der Waals surface area (Å²) in [5, 5.41) is 0.450. The van der Waals surface area contributed by atoms with E-state index < -0.39 is 21.9 Å². The van der Waals surface area contributed by atoms with E-state index in [0.717, 1.165) is 11.1 Å². The molecule has 166 valence electrons. The molecule has 1 heterocycles. The molecule has 0 aliphatic carbocycles. The maximum absolute atomic E-state index is 12.8. The molecule has 1 unspecified atom stereocenters. The number of piperidine rings is 1. The average Bonchev–Trinajstić information content (AvgIpc) is 2.76. The number of hydrogen-bond donors (Lipinski definition) is 1. The van der Waals surface area contributed by atoms with Crippen molar-refractivity contribution in [1.82, 2.24) is 9.48 Å². The van der Waals surface area contributed by atoms with Crippen molar-refractivity contribution in [1.29, 1.82) is 0 Å². The summed E-state index contributed by atoms with van der Waals surface area (Å²) in [6.07, 6.45) is 1.29. The zero-order valence-electron chi connectivity index (χ0n) is 17.7. The Labute approximate surface area is 182 Å². The lowest BCUT2D eigenvalue weighted by Crippen LogP contribution is -2.42. The Bertz CT molecular complexity index is 1060. The van der Waals surface area contributed by atoms with Gasteiger partial charge in [-0.3, -0.25) is 4.79 Å². The average molecular weight is 446 g/mol. The van der Waals surface area contributed by atoms with Gasteiger partial charge in [0.1, 0.15) is 0 Å². The summed E-state index contributed by atoms with van der Waals surface area (Å²) >= 11 is 0.